The Morgan fingerprint density at radius 2 is 2.45 bits per heavy atom. The number of hydrogen-bond donors (Lipinski definition) is 1. The van der Waals surface area contributed by atoms with Crippen molar-refractivity contribution in [3.05, 3.63) is 12.7 Å². The summed E-state index contributed by atoms with van der Waals surface area (Å²) < 4.78 is 5.15. The molecule has 0 aliphatic carbocycles. The van der Waals surface area contributed by atoms with Crippen LogP contribution >= 0.6 is 0 Å². The predicted molar refractivity (Wildman–Crippen MR) is 44.0 cm³/mol. The van der Waals surface area contributed by atoms with Gasteiger partial charge in [-0.25, -0.2) is 0 Å². The lowest BCUT2D eigenvalue weighted by Crippen LogP contribution is -2.30. The average molecular weight is 157 g/mol. The molecule has 1 atom stereocenters. The Labute approximate surface area is 67.2 Å². The maximum absolute atomic E-state index is 10.6. The van der Waals surface area contributed by atoms with E-state index in [1.165, 1.54) is 0 Å². The van der Waals surface area contributed by atoms with Gasteiger partial charge in [0.25, 0.3) is 0 Å². The summed E-state index contributed by atoms with van der Waals surface area (Å²) in [5, 5.41) is 0. The molecule has 0 aliphatic rings. The minimum atomic E-state index is -0.435. The molecule has 0 aromatic heterocycles. The lowest BCUT2D eigenvalue weighted by atomic mass is 10.2. The fraction of sp³-hybridized carbons (Fsp3) is 0.625. The van der Waals surface area contributed by atoms with Crippen LogP contribution in [0.1, 0.15) is 19.8 Å². The highest BCUT2D eigenvalue weighted by Gasteiger charge is 2.11. The first-order valence-corrected chi connectivity index (χ1v) is 3.74. The molecule has 3 nitrogen and oxygen atoms in total. The quantitative estimate of drug-likeness (QED) is 0.459. The van der Waals surface area contributed by atoms with Gasteiger partial charge in [0.05, 0.1) is 6.61 Å². The van der Waals surface area contributed by atoms with Crippen molar-refractivity contribution < 1.29 is 9.53 Å². The van der Waals surface area contributed by atoms with Gasteiger partial charge in [0.1, 0.15) is 6.10 Å². The third-order valence-electron chi connectivity index (χ3n) is 1.33. The van der Waals surface area contributed by atoms with E-state index in [1.54, 1.807) is 6.08 Å². The second kappa shape index (κ2) is 5.92. The fourth-order valence-corrected chi connectivity index (χ4v) is 0.695. The van der Waals surface area contributed by atoms with Gasteiger partial charge in [-0.05, 0) is 12.8 Å². The van der Waals surface area contributed by atoms with Gasteiger partial charge in [-0.2, -0.15) is 0 Å². The van der Waals surface area contributed by atoms with Crippen LogP contribution in [0.5, 0.6) is 0 Å². The molecule has 0 fully saturated rings. The summed E-state index contributed by atoms with van der Waals surface area (Å²) in [6.45, 7) is 5.92. The van der Waals surface area contributed by atoms with Crippen molar-refractivity contribution in [1.82, 2.24) is 0 Å². The molecule has 1 unspecified atom stereocenters. The van der Waals surface area contributed by atoms with Gasteiger partial charge >= 0.3 is 0 Å². The average Bonchev–Trinajstić information content (AvgIpc) is 1.97. The molecule has 0 spiro atoms. The zero-order valence-corrected chi connectivity index (χ0v) is 6.88. The Morgan fingerprint density at radius 1 is 1.82 bits per heavy atom. The molecule has 0 aliphatic heterocycles. The zero-order chi connectivity index (χ0) is 8.69. The summed E-state index contributed by atoms with van der Waals surface area (Å²) in [5.74, 6) is -0.392. The molecule has 0 aromatic rings. The summed E-state index contributed by atoms with van der Waals surface area (Å²) in [7, 11) is 0. The smallest absolute Gasteiger partial charge is 0.246 e. The molecule has 2 N–H and O–H groups in total. The monoisotopic (exact) mass is 157 g/mol. The summed E-state index contributed by atoms with van der Waals surface area (Å²) in [5.41, 5.74) is 5.04. The van der Waals surface area contributed by atoms with Crippen LogP contribution in [-0.2, 0) is 9.53 Å². The summed E-state index contributed by atoms with van der Waals surface area (Å²) in [6, 6.07) is 0. The Kier molecular flexibility index (Phi) is 5.47. The van der Waals surface area contributed by atoms with Crippen molar-refractivity contribution >= 4 is 5.91 Å². The molecule has 0 rings (SSSR count). The number of amides is 1. The third kappa shape index (κ3) is 4.56. The summed E-state index contributed by atoms with van der Waals surface area (Å²) in [4.78, 5) is 10.6. The largest absolute Gasteiger partial charge is 0.368 e. The molecule has 1 amide bonds. The molecule has 11 heavy (non-hydrogen) atoms. The van der Waals surface area contributed by atoms with E-state index < -0.39 is 12.0 Å². The SMILES string of the molecule is C=CCCOC(CC)C(N)=O. The number of ether oxygens (including phenoxy) is 1. The normalized spacial score (nSPS) is 12.5. The first-order chi connectivity index (χ1) is 5.22. The Morgan fingerprint density at radius 3 is 2.82 bits per heavy atom. The molecule has 0 heterocycles. The van der Waals surface area contributed by atoms with Crippen LogP contribution in [0.15, 0.2) is 12.7 Å². The Hall–Kier alpha value is -0.830. The molecule has 0 radical (unpaired) electrons. The maximum atomic E-state index is 10.6. The minimum absolute atomic E-state index is 0.392. The van der Waals surface area contributed by atoms with Crippen molar-refractivity contribution in [2.45, 2.75) is 25.9 Å². The number of hydrogen-bond acceptors (Lipinski definition) is 2. The maximum Gasteiger partial charge on any atom is 0.246 e. The number of rotatable bonds is 6. The van der Waals surface area contributed by atoms with Crippen molar-refractivity contribution in [3.8, 4) is 0 Å². The van der Waals surface area contributed by atoms with Crippen LogP contribution in [0.2, 0.25) is 0 Å². The molecular weight excluding hydrogens is 142 g/mol. The van der Waals surface area contributed by atoms with E-state index in [-0.39, 0.29) is 0 Å². The minimum Gasteiger partial charge on any atom is -0.368 e. The summed E-state index contributed by atoms with van der Waals surface area (Å²) >= 11 is 0. The van der Waals surface area contributed by atoms with Crippen molar-refractivity contribution in [2.24, 2.45) is 5.73 Å². The number of nitrogens with two attached hydrogens (primary N) is 1. The molecule has 0 aromatic carbocycles. The van der Waals surface area contributed by atoms with Crippen LogP contribution in [0, 0.1) is 0 Å². The van der Waals surface area contributed by atoms with E-state index in [4.69, 9.17) is 10.5 Å². The summed E-state index contributed by atoms with van der Waals surface area (Å²) in [6.07, 6.45) is 2.69. The highest BCUT2D eigenvalue weighted by atomic mass is 16.5. The van der Waals surface area contributed by atoms with Crippen molar-refractivity contribution in [1.29, 1.82) is 0 Å². The van der Waals surface area contributed by atoms with Gasteiger partial charge in [0, 0.05) is 0 Å². The Balaban J connectivity index is 3.52. The number of primary amides is 1. The van der Waals surface area contributed by atoms with Crippen LogP contribution in [0.25, 0.3) is 0 Å². The van der Waals surface area contributed by atoms with Crippen LogP contribution in [-0.4, -0.2) is 18.6 Å². The second-order valence-corrected chi connectivity index (χ2v) is 2.25. The predicted octanol–water partition coefficient (Wildman–Crippen LogP) is 0.843. The molecular formula is C8H15NO2. The van der Waals surface area contributed by atoms with Crippen LogP contribution in [0.3, 0.4) is 0 Å². The van der Waals surface area contributed by atoms with E-state index in [9.17, 15) is 4.79 Å². The van der Waals surface area contributed by atoms with E-state index in [0.717, 1.165) is 6.42 Å². The van der Waals surface area contributed by atoms with Gasteiger partial charge in [-0.3, -0.25) is 4.79 Å². The van der Waals surface area contributed by atoms with Gasteiger partial charge in [0.15, 0.2) is 0 Å². The third-order valence-corrected chi connectivity index (χ3v) is 1.33. The Bertz CT molecular complexity index is 134. The first-order valence-electron chi connectivity index (χ1n) is 3.74. The van der Waals surface area contributed by atoms with Crippen LogP contribution < -0.4 is 5.73 Å². The van der Waals surface area contributed by atoms with E-state index >= 15 is 0 Å². The zero-order valence-electron chi connectivity index (χ0n) is 6.88. The molecule has 0 saturated heterocycles. The van der Waals surface area contributed by atoms with Gasteiger partial charge in [-0.15, -0.1) is 6.58 Å². The molecule has 0 saturated carbocycles. The fourth-order valence-electron chi connectivity index (χ4n) is 0.695. The van der Waals surface area contributed by atoms with Crippen molar-refractivity contribution in [2.75, 3.05) is 6.61 Å². The van der Waals surface area contributed by atoms with E-state index in [0.29, 0.717) is 13.0 Å². The van der Waals surface area contributed by atoms with Crippen molar-refractivity contribution in [3.63, 3.8) is 0 Å². The second-order valence-electron chi connectivity index (χ2n) is 2.25. The lowest BCUT2D eigenvalue weighted by molar-refractivity contribution is -0.129. The first kappa shape index (κ1) is 10.2. The topological polar surface area (TPSA) is 52.3 Å². The highest BCUT2D eigenvalue weighted by molar-refractivity contribution is 5.78. The van der Waals surface area contributed by atoms with E-state index in [1.807, 2.05) is 6.92 Å². The standard InChI is InChI=1S/C8H15NO2/c1-3-5-6-11-7(4-2)8(9)10/h3,7H,1,4-6H2,2H3,(H2,9,10). The van der Waals surface area contributed by atoms with E-state index in [2.05, 4.69) is 6.58 Å². The van der Waals surface area contributed by atoms with Crippen LogP contribution in [0.4, 0.5) is 0 Å². The van der Waals surface area contributed by atoms with Gasteiger partial charge in [-0.1, -0.05) is 13.0 Å². The number of carbonyl (C=O) groups is 1. The molecule has 0 bridgehead atoms. The highest BCUT2D eigenvalue weighted by Crippen LogP contribution is 1.97. The number of carbonyl (C=O) groups excluding carboxylic acids is 1. The lowest BCUT2D eigenvalue weighted by Gasteiger charge is -2.10. The molecule has 64 valence electrons. The van der Waals surface area contributed by atoms with Gasteiger partial charge < -0.3 is 10.5 Å². The van der Waals surface area contributed by atoms with Gasteiger partial charge in [0.2, 0.25) is 5.91 Å². The molecule has 3 heteroatoms.